The number of hydrogen-bond donors (Lipinski definition) is 1. The topological polar surface area (TPSA) is 61.9 Å². The summed E-state index contributed by atoms with van der Waals surface area (Å²) >= 11 is 6.66. The van der Waals surface area contributed by atoms with Crippen LogP contribution in [0, 0.1) is 0 Å². The van der Waals surface area contributed by atoms with E-state index in [9.17, 15) is 9.59 Å². The van der Waals surface area contributed by atoms with Crippen molar-refractivity contribution < 1.29 is 14.3 Å². The van der Waals surface area contributed by atoms with E-state index in [1.54, 1.807) is 7.11 Å². The molecule has 34 heavy (non-hydrogen) atoms. The molecule has 2 aromatic rings. The zero-order valence-electron chi connectivity index (χ0n) is 20.2. The number of carbonyl (C=O) groups excluding carboxylic acids is 2. The van der Waals surface area contributed by atoms with Crippen LogP contribution in [-0.4, -0.2) is 44.3 Å². The molecule has 182 valence electrons. The molecule has 0 aliphatic carbocycles. The molecule has 0 radical (unpaired) electrons. The Hall–Kier alpha value is -2.57. The Kier molecular flexibility index (Phi) is 7.79. The second kappa shape index (κ2) is 10.8. The fourth-order valence-electron chi connectivity index (χ4n) is 5.16. The highest BCUT2D eigenvalue weighted by molar-refractivity contribution is 6.34. The van der Waals surface area contributed by atoms with Crippen LogP contribution < -0.4 is 15.1 Å². The molecule has 0 spiro atoms. The van der Waals surface area contributed by atoms with Crippen molar-refractivity contribution in [2.75, 3.05) is 30.0 Å². The van der Waals surface area contributed by atoms with Crippen LogP contribution in [-0.2, 0) is 9.53 Å². The molecule has 6 nitrogen and oxygen atoms in total. The van der Waals surface area contributed by atoms with Gasteiger partial charge in [0.1, 0.15) is 6.23 Å². The minimum atomic E-state index is -0.110. The third kappa shape index (κ3) is 5.23. The van der Waals surface area contributed by atoms with Gasteiger partial charge in [-0.1, -0.05) is 29.8 Å². The van der Waals surface area contributed by atoms with E-state index in [1.165, 1.54) is 0 Å². The van der Waals surface area contributed by atoms with Gasteiger partial charge in [0, 0.05) is 44.0 Å². The van der Waals surface area contributed by atoms with Gasteiger partial charge in [-0.15, -0.1) is 0 Å². The van der Waals surface area contributed by atoms with Crippen LogP contribution >= 0.6 is 11.6 Å². The van der Waals surface area contributed by atoms with E-state index in [0.717, 1.165) is 49.2 Å². The number of halogens is 1. The zero-order chi connectivity index (χ0) is 24.2. The van der Waals surface area contributed by atoms with Crippen LogP contribution in [0.25, 0.3) is 0 Å². The molecule has 2 aliphatic rings. The number of hydrogen-bond acceptors (Lipinski definition) is 4. The number of fused-ring (bicyclic) bond motifs is 1. The highest BCUT2D eigenvalue weighted by atomic mass is 35.5. The predicted octanol–water partition coefficient (Wildman–Crippen LogP) is 5.35. The van der Waals surface area contributed by atoms with Crippen molar-refractivity contribution in [3.05, 3.63) is 58.6 Å². The van der Waals surface area contributed by atoms with Crippen molar-refractivity contribution in [1.29, 1.82) is 0 Å². The Morgan fingerprint density at radius 2 is 1.88 bits per heavy atom. The summed E-state index contributed by atoms with van der Waals surface area (Å²) in [5.41, 5.74) is 3.37. The second-order valence-corrected chi connectivity index (χ2v) is 9.88. The van der Waals surface area contributed by atoms with Gasteiger partial charge in [-0.05, 0) is 75.3 Å². The summed E-state index contributed by atoms with van der Waals surface area (Å²) in [5.74, 6) is 0.0113. The van der Waals surface area contributed by atoms with Crippen molar-refractivity contribution in [2.45, 2.75) is 64.1 Å². The Balaban J connectivity index is 1.59. The number of nitrogens with zero attached hydrogens (tertiary/aromatic N) is 2. The van der Waals surface area contributed by atoms with E-state index in [1.807, 2.05) is 61.2 Å². The maximum Gasteiger partial charge on any atom is 0.259 e. The molecule has 2 aliphatic heterocycles. The number of anilines is 2. The first-order valence-corrected chi connectivity index (χ1v) is 12.6. The van der Waals surface area contributed by atoms with Crippen molar-refractivity contribution >= 4 is 34.8 Å². The third-order valence-corrected chi connectivity index (χ3v) is 7.03. The Morgan fingerprint density at radius 3 is 2.62 bits per heavy atom. The predicted molar refractivity (Wildman–Crippen MR) is 137 cm³/mol. The van der Waals surface area contributed by atoms with Gasteiger partial charge in [-0.25, -0.2) is 0 Å². The highest BCUT2D eigenvalue weighted by Gasteiger charge is 2.30. The minimum Gasteiger partial charge on any atom is -0.362 e. The Morgan fingerprint density at radius 1 is 1.12 bits per heavy atom. The first kappa shape index (κ1) is 24.6. The van der Waals surface area contributed by atoms with Crippen molar-refractivity contribution in [1.82, 2.24) is 5.32 Å². The molecule has 1 fully saturated rings. The Labute approximate surface area is 207 Å². The summed E-state index contributed by atoms with van der Waals surface area (Å²) in [6, 6.07) is 13.7. The normalized spacial score (nSPS) is 20.3. The van der Waals surface area contributed by atoms with E-state index >= 15 is 0 Å². The molecule has 2 atom stereocenters. The van der Waals surface area contributed by atoms with Crippen LogP contribution in [0.1, 0.15) is 67.8 Å². The third-order valence-electron chi connectivity index (χ3n) is 6.71. The largest absolute Gasteiger partial charge is 0.362 e. The monoisotopic (exact) mass is 483 g/mol. The standard InChI is InChI=1S/C27H34ClN3O3/c1-18(2)29-25(32)16-19-8-6-15-31(24-10-5-4-9-21(19)24)27(33)22-13-12-20(17-23(22)28)30-14-7-11-26(30)34-3/h4-5,9-10,12-13,17-19,26H,6-8,11,14-16H2,1-3H3,(H,29,32)/t19-,26?/m1/s1. The van der Waals surface area contributed by atoms with Gasteiger partial charge in [-0.2, -0.15) is 0 Å². The number of carbonyl (C=O) groups is 2. The van der Waals surface area contributed by atoms with E-state index in [-0.39, 0.29) is 30.0 Å². The average molecular weight is 484 g/mol. The lowest BCUT2D eigenvalue weighted by molar-refractivity contribution is -0.122. The quantitative estimate of drug-likeness (QED) is 0.601. The summed E-state index contributed by atoms with van der Waals surface area (Å²) in [6.07, 6.45) is 4.18. The number of para-hydroxylation sites is 1. The summed E-state index contributed by atoms with van der Waals surface area (Å²) in [7, 11) is 1.72. The lowest BCUT2D eigenvalue weighted by Crippen LogP contribution is -2.33. The lowest BCUT2D eigenvalue weighted by Gasteiger charge is -2.27. The van der Waals surface area contributed by atoms with Crippen molar-refractivity contribution in [3.8, 4) is 0 Å². The van der Waals surface area contributed by atoms with Gasteiger partial charge in [-0.3, -0.25) is 9.59 Å². The van der Waals surface area contributed by atoms with E-state index in [4.69, 9.17) is 16.3 Å². The molecular formula is C27H34ClN3O3. The zero-order valence-corrected chi connectivity index (χ0v) is 21.0. The summed E-state index contributed by atoms with van der Waals surface area (Å²) in [4.78, 5) is 30.2. The van der Waals surface area contributed by atoms with Gasteiger partial charge in [0.25, 0.3) is 5.91 Å². The van der Waals surface area contributed by atoms with Crippen LogP contribution in [0.4, 0.5) is 11.4 Å². The first-order valence-electron chi connectivity index (χ1n) is 12.2. The Bertz CT molecular complexity index is 1040. The van der Waals surface area contributed by atoms with E-state index < -0.39 is 0 Å². The van der Waals surface area contributed by atoms with Crippen LogP contribution in [0.2, 0.25) is 5.02 Å². The highest BCUT2D eigenvalue weighted by Crippen LogP contribution is 2.38. The number of nitrogens with one attached hydrogen (secondary N) is 1. The number of ether oxygens (including phenoxy) is 1. The van der Waals surface area contributed by atoms with Gasteiger partial charge in [0.15, 0.2) is 0 Å². The van der Waals surface area contributed by atoms with Gasteiger partial charge >= 0.3 is 0 Å². The summed E-state index contributed by atoms with van der Waals surface area (Å²) < 4.78 is 5.58. The molecule has 7 heteroatoms. The lowest BCUT2D eigenvalue weighted by atomic mass is 9.90. The fraction of sp³-hybridized carbons (Fsp3) is 0.481. The molecule has 0 saturated carbocycles. The molecular weight excluding hydrogens is 450 g/mol. The summed E-state index contributed by atoms with van der Waals surface area (Å²) in [6.45, 7) is 5.43. The van der Waals surface area contributed by atoms with Gasteiger partial charge in [0.2, 0.25) is 5.91 Å². The molecule has 2 heterocycles. The van der Waals surface area contributed by atoms with Gasteiger partial charge in [0.05, 0.1) is 10.6 Å². The van der Waals surface area contributed by atoms with E-state index in [0.29, 0.717) is 23.6 Å². The molecule has 0 aromatic heterocycles. The molecule has 0 bridgehead atoms. The number of methoxy groups -OCH3 is 1. The number of amides is 2. The molecule has 2 amide bonds. The molecule has 1 N–H and O–H groups in total. The van der Waals surface area contributed by atoms with Crippen molar-refractivity contribution in [2.24, 2.45) is 0 Å². The SMILES string of the molecule is COC1CCCN1c1ccc(C(=O)N2CCC[C@H](CC(=O)NC(C)C)c3ccccc32)c(Cl)c1. The molecule has 1 saturated heterocycles. The van der Waals surface area contributed by atoms with Crippen LogP contribution in [0.3, 0.4) is 0 Å². The van der Waals surface area contributed by atoms with Gasteiger partial charge < -0.3 is 19.9 Å². The first-order chi connectivity index (χ1) is 16.4. The maximum atomic E-state index is 13.7. The molecule has 4 rings (SSSR count). The van der Waals surface area contributed by atoms with E-state index in [2.05, 4.69) is 10.2 Å². The van der Waals surface area contributed by atoms with Crippen LogP contribution in [0.5, 0.6) is 0 Å². The number of rotatable bonds is 6. The van der Waals surface area contributed by atoms with Crippen molar-refractivity contribution in [3.63, 3.8) is 0 Å². The van der Waals surface area contributed by atoms with Crippen LogP contribution in [0.15, 0.2) is 42.5 Å². The molecule has 2 aromatic carbocycles. The average Bonchev–Trinajstić information content (AvgIpc) is 3.22. The maximum absolute atomic E-state index is 13.7. The second-order valence-electron chi connectivity index (χ2n) is 9.47. The number of benzene rings is 2. The fourth-order valence-corrected chi connectivity index (χ4v) is 5.41. The smallest absolute Gasteiger partial charge is 0.259 e. The summed E-state index contributed by atoms with van der Waals surface area (Å²) in [5, 5.41) is 3.44. The minimum absolute atomic E-state index is 0.0416. The molecule has 1 unspecified atom stereocenters.